The van der Waals surface area contributed by atoms with Gasteiger partial charge in [-0.25, -0.2) is 0 Å². The zero-order valence-corrected chi connectivity index (χ0v) is 12.3. The van der Waals surface area contributed by atoms with Crippen LogP contribution in [0.1, 0.15) is 29.3 Å². The number of aryl methyl sites for hydroxylation is 1. The molecule has 4 heteroatoms. The number of carbonyl (C=O) groups excluding carboxylic acids is 1. The Morgan fingerprint density at radius 1 is 1.19 bits per heavy atom. The molecule has 2 rings (SSSR count). The number of rotatable bonds is 5. The van der Waals surface area contributed by atoms with Gasteiger partial charge in [-0.15, -0.1) is 0 Å². The van der Waals surface area contributed by atoms with E-state index in [-0.39, 0.29) is 5.91 Å². The molecule has 0 radical (unpaired) electrons. The third-order valence-corrected chi connectivity index (χ3v) is 3.10. The van der Waals surface area contributed by atoms with E-state index in [0.29, 0.717) is 17.9 Å². The van der Waals surface area contributed by atoms with Crippen molar-refractivity contribution in [2.75, 3.05) is 17.7 Å². The molecular weight excluding hydrogens is 264 g/mol. The average molecular weight is 284 g/mol. The van der Waals surface area contributed by atoms with Crippen LogP contribution in [0, 0.1) is 6.92 Å². The minimum Gasteiger partial charge on any atom is -0.494 e. The monoisotopic (exact) mass is 284 g/mol. The van der Waals surface area contributed by atoms with Gasteiger partial charge in [0.1, 0.15) is 5.75 Å². The van der Waals surface area contributed by atoms with Crippen LogP contribution in [0.2, 0.25) is 0 Å². The van der Waals surface area contributed by atoms with Crippen LogP contribution in [0.25, 0.3) is 0 Å². The van der Waals surface area contributed by atoms with Crippen molar-refractivity contribution in [3.05, 3.63) is 53.6 Å². The fraction of sp³-hybridized carbons (Fsp3) is 0.235. The van der Waals surface area contributed by atoms with Crippen molar-refractivity contribution in [2.45, 2.75) is 20.3 Å². The Balaban J connectivity index is 2.07. The van der Waals surface area contributed by atoms with Crippen LogP contribution in [0.3, 0.4) is 0 Å². The van der Waals surface area contributed by atoms with Crippen molar-refractivity contribution in [1.29, 1.82) is 0 Å². The van der Waals surface area contributed by atoms with E-state index >= 15 is 0 Å². The first-order valence-electron chi connectivity index (χ1n) is 7.00. The lowest BCUT2D eigenvalue weighted by Gasteiger charge is -2.10. The van der Waals surface area contributed by atoms with Gasteiger partial charge >= 0.3 is 0 Å². The van der Waals surface area contributed by atoms with Gasteiger partial charge in [-0.2, -0.15) is 0 Å². The van der Waals surface area contributed by atoms with Crippen LogP contribution in [0.5, 0.6) is 5.75 Å². The van der Waals surface area contributed by atoms with E-state index in [9.17, 15) is 4.79 Å². The van der Waals surface area contributed by atoms with Crippen LogP contribution < -0.4 is 15.8 Å². The van der Waals surface area contributed by atoms with E-state index < -0.39 is 0 Å². The Morgan fingerprint density at radius 2 is 1.90 bits per heavy atom. The summed E-state index contributed by atoms with van der Waals surface area (Å²) in [5.74, 6) is 0.610. The number of anilines is 2. The van der Waals surface area contributed by atoms with Crippen molar-refractivity contribution in [2.24, 2.45) is 0 Å². The largest absolute Gasteiger partial charge is 0.494 e. The van der Waals surface area contributed by atoms with Crippen LogP contribution in [-0.4, -0.2) is 12.5 Å². The van der Waals surface area contributed by atoms with Crippen molar-refractivity contribution < 1.29 is 9.53 Å². The maximum absolute atomic E-state index is 12.2. The molecule has 0 unspecified atom stereocenters. The lowest BCUT2D eigenvalue weighted by Crippen LogP contribution is -2.13. The number of amides is 1. The van der Waals surface area contributed by atoms with Gasteiger partial charge in [0, 0.05) is 16.9 Å². The highest BCUT2D eigenvalue weighted by Crippen LogP contribution is 2.20. The van der Waals surface area contributed by atoms with Crippen LogP contribution >= 0.6 is 0 Å². The van der Waals surface area contributed by atoms with Crippen LogP contribution in [0.15, 0.2) is 42.5 Å². The average Bonchev–Trinajstić information content (AvgIpc) is 2.49. The molecule has 0 spiro atoms. The molecule has 0 aromatic heterocycles. The van der Waals surface area contributed by atoms with Gasteiger partial charge in [0.25, 0.3) is 5.91 Å². The number of ether oxygens (including phenoxy) is 1. The Morgan fingerprint density at radius 3 is 2.57 bits per heavy atom. The summed E-state index contributed by atoms with van der Waals surface area (Å²) in [5, 5.41) is 2.87. The van der Waals surface area contributed by atoms with Gasteiger partial charge in [0.2, 0.25) is 0 Å². The Bertz CT molecular complexity index is 621. The topological polar surface area (TPSA) is 64.3 Å². The molecule has 0 saturated heterocycles. The number of hydrogen-bond donors (Lipinski definition) is 2. The predicted octanol–water partition coefficient (Wildman–Crippen LogP) is 3.62. The molecule has 4 nitrogen and oxygen atoms in total. The van der Waals surface area contributed by atoms with Gasteiger partial charge in [0.15, 0.2) is 0 Å². The van der Waals surface area contributed by atoms with Gasteiger partial charge in [-0.1, -0.05) is 13.0 Å². The fourth-order valence-corrected chi connectivity index (χ4v) is 1.89. The molecule has 0 heterocycles. The molecule has 0 fully saturated rings. The Hall–Kier alpha value is -2.49. The quantitative estimate of drug-likeness (QED) is 0.824. The number of nitrogen functional groups attached to an aromatic ring is 1. The summed E-state index contributed by atoms with van der Waals surface area (Å²) in [7, 11) is 0. The highest BCUT2D eigenvalue weighted by atomic mass is 16.5. The molecule has 0 atom stereocenters. The number of nitrogens with one attached hydrogen (secondary N) is 1. The Kier molecular flexibility index (Phi) is 4.82. The highest BCUT2D eigenvalue weighted by Gasteiger charge is 2.08. The fourth-order valence-electron chi connectivity index (χ4n) is 1.89. The van der Waals surface area contributed by atoms with Gasteiger partial charge in [-0.05, 0) is 55.3 Å². The minimum atomic E-state index is -0.161. The summed E-state index contributed by atoms with van der Waals surface area (Å²) >= 11 is 0. The molecule has 0 bridgehead atoms. The molecule has 110 valence electrons. The summed E-state index contributed by atoms with van der Waals surface area (Å²) in [4.78, 5) is 12.2. The van der Waals surface area contributed by atoms with E-state index in [1.807, 2.05) is 19.1 Å². The molecular formula is C17H20N2O2. The van der Waals surface area contributed by atoms with E-state index in [2.05, 4.69) is 12.2 Å². The molecule has 2 aromatic rings. The first-order chi connectivity index (χ1) is 10.1. The Labute approximate surface area is 124 Å². The zero-order chi connectivity index (χ0) is 15.2. The minimum absolute atomic E-state index is 0.161. The number of hydrogen-bond acceptors (Lipinski definition) is 3. The molecule has 1 amide bonds. The summed E-state index contributed by atoms with van der Waals surface area (Å²) in [6, 6.07) is 12.6. The van der Waals surface area contributed by atoms with Gasteiger partial charge in [0.05, 0.1) is 6.61 Å². The molecule has 21 heavy (non-hydrogen) atoms. The normalized spacial score (nSPS) is 10.2. The number of carbonyl (C=O) groups is 1. The molecule has 0 aliphatic carbocycles. The molecule has 0 aliphatic heterocycles. The molecule has 0 saturated carbocycles. The molecule has 0 aliphatic rings. The summed E-state index contributed by atoms with van der Waals surface area (Å²) in [6.45, 7) is 4.65. The summed E-state index contributed by atoms with van der Waals surface area (Å²) in [6.07, 6.45) is 0.955. The second kappa shape index (κ2) is 6.79. The van der Waals surface area contributed by atoms with E-state index in [4.69, 9.17) is 10.5 Å². The summed E-state index contributed by atoms with van der Waals surface area (Å²) in [5.41, 5.74) is 8.65. The number of nitrogens with two attached hydrogens (primary N) is 1. The van der Waals surface area contributed by atoms with Crippen molar-refractivity contribution in [3.63, 3.8) is 0 Å². The third kappa shape index (κ3) is 3.99. The van der Waals surface area contributed by atoms with E-state index in [1.165, 1.54) is 0 Å². The van der Waals surface area contributed by atoms with Crippen LogP contribution in [0.4, 0.5) is 11.4 Å². The zero-order valence-electron chi connectivity index (χ0n) is 12.3. The third-order valence-electron chi connectivity index (χ3n) is 3.10. The van der Waals surface area contributed by atoms with E-state index in [0.717, 1.165) is 23.4 Å². The molecule has 3 N–H and O–H groups in total. The lowest BCUT2D eigenvalue weighted by molar-refractivity contribution is 0.102. The maximum atomic E-state index is 12.2. The first-order valence-corrected chi connectivity index (χ1v) is 7.00. The highest BCUT2D eigenvalue weighted by molar-refractivity contribution is 6.04. The first kappa shape index (κ1) is 14.9. The van der Waals surface area contributed by atoms with Gasteiger partial charge < -0.3 is 15.8 Å². The second-order valence-electron chi connectivity index (χ2n) is 4.90. The predicted molar refractivity (Wildman–Crippen MR) is 85.8 cm³/mol. The van der Waals surface area contributed by atoms with Gasteiger partial charge in [-0.3, -0.25) is 4.79 Å². The van der Waals surface area contributed by atoms with Crippen molar-refractivity contribution in [3.8, 4) is 5.75 Å². The lowest BCUT2D eigenvalue weighted by atomic mass is 10.1. The van der Waals surface area contributed by atoms with Crippen molar-refractivity contribution >= 4 is 17.3 Å². The standard InChI is InChI=1S/C17H20N2O2/c1-3-10-21-15-8-5-13(6-9-15)17(20)19-16-11-14(18)7-4-12(16)2/h4-9,11H,3,10,18H2,1-2H3,(H,19,20). The summed E-state index contributed by atoms with van der Waals surface area (Å²) < 4.78 is 5.49. The second-order valence-corrected chi connectivity index (χ2v) is 4.90. The smallest absolute Gasteiger partial charge is 0.255 e. The number of benzene rings is 2. The van der Waals surface area contributed by atoms with Crippen LogP contribution in [-0.2, 0) is 0 Å². The SMILES string of the molecule is CCCOc1ccc(C(=O)Nc2cc(N)ccc2C)cc1. The maximum Gasteiger partial charge on any atom is 0.255 e. The van der Waals surface area contributed by atoms with Crippen molar-refractivity contribution in [1.82, 2.24) is 0 Å². The van der Waals surface area contributed by atoms with E-state index in [1.54, 1.807) is 30.3 Å². The molecule has 2 aromatic carbocycles.